The molecular formula is C33H56N6O7S. The fourth-order valence-corrected chi connectivity index (χ4v) is 10.4. The Balaban J connectivity index is 1.56. The summed E-state index contributed by atoms with van der Waals surface area (Å²) in [4.78, 5) is 69.1. The molecule has 13 nitrogen and oxygen atoms in total. The largest absolute Gasteiger partial charge is 0.350 e. The number of carbonyl (C=O) groups is 5. The van der Waals surface area contributed by atoms with Crippen molar-refractivity contribution in [2.75, 3.05) is 26.7 Å². The second-order valence-electron chi connectivity index (χ2n) is 15.1. The molecule has 4 N–H and O–H groups in total. The van der Waals surface area contributed by atoms with E-state index < -0.39 is 73.9 Å². The third-order valence-corrected chi connectivity index (χ3v) is 13.3. The number of likely N-dealkylation sites (N-methyl/N-ethyl adjacent to an activating group) is 1. The molecule has 2 saturated carbocycles. The van der Waals surface area contributed by atoms with E-state index in [0.717, 1.165) is 38.5 Å². The summed E-state index contributed by atoms with van der Waals surface area (Å²) in [7, 11) is -2.02. The van der Waals surface area contributed by atoms with Gasteiger partial charge >= 0.3 is 6.03 Å². The second-order valence-corrected chi connectivity index (χ2v) is 17.3. The smallest absolute Gasteiger partial charge is 0.315 e. The van der Waals surface area contributed by atoms with Crippen LogP contribution in [0.3, 0.4) is 0 Å². The lowest BCUT2D eigenvalue weighted by atomic mass is 9.78. The van der Waals surface area contributed by atoms with Crippen molar-refractivity contribution in [2.45, 2.75) is 134 Å². The van der Waals surface area contributed by atoms with Gasteiger partial charge in [-0.1, -0.05) is 59.8 Å². The first kappa shape index (κ1) is 37.1. The Morgan fingerprint density at radius 1 is 0.936 bits per heavy atom. The zero-order valence-corrected chi connectivity index (χ0v) is 29.8. The van der Waals surface area contributed by atoms with Crippen LogP contribution in [0.25, 0.3) is 0 Å². The minimum Gasteiger partial charge on any atom is -0.350 e. The number of fused-ring (bicyclic) bond motifs is 1. The number of carbonyl (C=O) groups excluding carboxylic acids is 5. The highest BCUT2D eigenvalue weighted by Gasteiger charge is 2.54. The molecule has 47 heavy (non-hydrogen) atoms. The molecule has 5 amide bonds. The van der Waals surface area contributed by atoms with Crippen LogP contribution >= 0.6 is 0 Å². The number of rotatable bonds is 11. The number of ketones is 1. The summed E-state index contributed by atoms with van der Waals surface area (Å²) in [5.74, 6) is -2.29. The quantitative estimate of drug-likeness (QED) is 0.242. The molecule has 2 aliphatic heterocycles. The van der Waals surface area contributed by atoms with Gasteiger partial charge in [-0.2, -0.15) is 0 Å². The van der Waals surface area contributed by atoms with Crippen LogP contribution in [0.15, 0.2) is 0 Å². The van der Waals surface area contributed by atoms with E-state index in [4.69, 9.17) is 0 Å². The summed E-state index contributed by atoms with van der Waals surface area (Å²) in [5.41, 5.74) is -1.68. The average Bonchev–Trinajstić information content (AvgIpc) is 3.68. The van der Waals surface area contributed by atoms with Crippen molar-refractivity contribution >= 4 is 39.6 Å². The van der Waals surface area contributed by atoms with Crippen LogP contribution in [0.4, 0.5) is 4.79 Å². The van der Waals surface area contributed by atoms with E-state index in [1.807, 2.05) is 27.7 Å². The topological polar surface area (TPSA) is 174 Å². The van der Waals surface area contributed by atoms with Gasteiger partial charge in [0.15, 0.2) is 0 Å². The number of amides is 5. The zero-order chi connectivity index (χ0) is 34.7. The highest BCUT2D eigenvalue weighted by atomic mass is 32.2. The lowest BCUT2D eigenvalue weighted by Crippen LogP contribution is -2.65. The Labute approximate surface area is 280 Å². The SMILES string of the molecule is CCC[C@H](NC(=O)[C@@H]1[C@H]2CCC[C@H]2CN1C(=O)[C@@H](NC(=O)NC1([C@@H]2CCN(C)S2(=O)=O)CCCCC1)C(C)(C)C)C(=O)C(=O)NCC. The predicted octanol–water partition coefficient (Wildman–Crippen LogP) is 2.05. The van der Waals surface area contributed by atoms with E-state index in [9.17, 15) is 32.4 Å². The summed E-state index contributed by atoms with van der Waals surface area (Å²) >= 11 is 0. The lowest BCUT2D eigenvalue weighted by Gasteiger charge is -2.43. The molecule has 0 radical (unpaired) electrons. The molecule has 0 unspecified atom stereocenters. The Morgan fingerprint density at radius 3 is 2.19 bits per heavy atom. The summed E-state index contributed by atoms with van der Waals surface area (Å²) in [6, 6.07) is -3.45. The van der Waals surface area contributed by atoms with Gasteiger partial charge in [-0.25, -0.2) is 17.5 Å². The number of hydrogen-bond donors (Lipinski definition) is 4. The number of nitrogens with zero attached hydrogens (tertiary/aromatic N) is 2. The van der Waals surface area contributed by atoms with Crippen LogP contribution in [0.1, 0.15) is 105 Å². The molecule has 266 valence electrons. The van der Waals surface area contributed by atoms with Crippen LogP contribution < -0.4 is 21.3 Å². The third kappa shape index (κ3) is 7.79. The zero-order valence-electron chi connectivity index (χ0n) is 29.0. The highest BCUT2D eigenvalue weighted by molar-refractivity contribution is 7.90. The van der Waals surface area contributed by atoms with Crippen LogP contribution in [0.2, 0.25) is 0 Å². The number of likely N-dealkylation sites (tertiary alicyclic amines) is 1. The van der Waals surface area contributed by atoms with Gasteiger partial charge in [0.05, 0.1) is 16.8 Å². The van der Waals surface area contributed by atoms with Gasteiger partial charge in [-0.05, 0) is 62.7 Å². The molecule has 0 bridgehead atoms. The molecule has 0 spiro atoms. The molecule has 4 rings (SSSR count). The van der Waals surface area contributed by atoms with Crippen LogP contribution in [-0.2, 0) is 29.2 Å². The average molecular weight is 681 g/mol. The van der Waals surface area contributed by atoms with Crippen molar-refractivity contribution < 1.29 is 32.4 Å². The molecule has 14 heteroatoms. The summed E-state index contributed by atoms with van der Waals surface area (Å²) in [5, 5.41) is 10.6. The first-order chi connectivity index (χ1) is 22.1. The molecule has 4 fully saturated rings. The Bertz CT molecular complexity index is 1310. The van der Waals surface area contributed by atoms with Crippen molar-refractivity contribution in [3.8, 4) is 0 Å². The number of nitrogens with one attached hydrogen (secondary N) is 4. The van der Waals surface area contributed by atoms with Gasteiger partial charge in [0.25, 0.3) is 5.91 Å². The normalized spacial score (nSPS) is 28.2. The maximum absolute atomic E-state index is 14.5. The molecule has 2 heterocycles. The van der Waals surface area contributed by atoms with Crippen molar-refractivity contribution in [3.63, 3.8) is 0 Å². The highest BCUT2D eigenvalue weighted by Crippen LogP contribution is 2.43. The molecule has 6 atom stereocenters. The summed E-state index contributed by atoms with van der Waals surface area (Å²) in [6.45, 7) is 10.2. The van der Waals surface area contributed by atoms with Gasteiger partial charge in [0.2, 0.25) is 27.6 Å². The van der Waals surface area contributed by atoms with Crippen molar-refractivity contribution in [1.29, 1.82) is 0 Å². The van der Waals surface area contributed by atoms with Crippen molar-refractivity contribution in [1.82, 2.24) is 30.5 Å². The fraction of sp³-hybridized carbons (Fsp3) is 0.848. The molecule has 0 aromatic rings. The standard InChI is InChI=1S/C33H56N6O7S/c1-7-13-23(26(40)29(42)34-8-2)35-28(41)25-22-15-12-14-21(22)20-39(25)30(43)27(32(3,4)5)36-31(44)37-33(17-10-9-11-18-33)24-16-19-38(6)47(24,45)46/h21-25,27H,7-20H2,1-6H3,(H,34,42)(H,35,41)(H2,36,37,44)/t21-,22-,23-,24-,25-,27+/m0/s1. The van der Waals surface area contributed by atoms with Gasteiger partial charge in [0.1, 0.15) is 12.1 Å². The van der Waals surface area contributed by atoms with Gasteiger partial charge in [0, 0.05) is 26.7 Å². The van der Waals surface area contributed by atoms with E-state index in [-0.39, 0.29) is 24.8 Å². The number of Topliss-reactive ketones (excluding diaryl/α,β-unsaturated/α-hetero) is 1. The van der Waals surface area contributed by atoms with E-state index in [1.54, 1.807) is 18.9 Å². The Hall–Kier alpha value is -2.74. The first-order valence-electron chi connectivity index (χ1n) is 17.5. The molecule has 2 saturated heterocycles. The predicted molar refractivity (Wildman–Crippen MR) is 178 cm³/mol. The first-order valence-corrected chi connectivity index (χ1v) is 19.0. The van der Waals surface area contributed by atoms with Crippen molar-refractivity contribution in [2.24, 2.45) is 17.3 Å². The van der Waals surface area contributed by atoms with Crippen molar-refractivity contribution in [3.05, 3.63) is 0 Å². The molecule has 0 aromatic carbocycles. The molecule has 4 aliphatic rings. The molecular weight excluding hydrogens is 624 g/mol. The number of hydrogen-bond acceptors (Lipinski definition) is 7. The number of urea groups is 1. The minimum atomic E-state index is -3.59. The van der Waals surface area contributed by atoms with Crippen LogP contribution in [0.5, 0.6) is 0 Å². The Kier molecular flexibility index (Phi) is 11.7. The second kappa shape index (κ2) is 14.8. The molecule has 2 aliphatic carbocycles. The maximum atomic E-state index is 14.5. The lowest BCUT2D eigenvalue weighted by molar-refractivity contribution is -0.144. The van der Waals surface area contributed by atoms with Gasteiger partial charge in [-0.15, -0.1) is 0 Å². The summed E-state index contributed by atoms with van der Waals surface area (Å²) < 4.78 is 27.9. The Morgan fingerprint density at radius 2 is 1.62 bits per heavy atom. The van der Waals surface area contributed by atoms with Gasteiger partial charge < -0.3 is 26.2 Å². The van der Waals surface area contributed by atoms with E-state index >= 15 is 0 Å². The van der Waals surface area contributed by atoms with E-state index in [2.05, 4.69) is 21.3 Å². The van der Waals surface area contributed by atoms with Gasteiger partial charge in [-0.3, -0.25) is 19.2 Å². The maximum Gasteiger partial charge on any atom is 0.315 e. The van der Waals surface area contributed by atoms with Crippen LogP contribution in [-0.4, -0.2) is 103 Å². The monoisotopic (exact) mass is 680 g/mol. The number of sulfonamides is 1. The van der Waals surface area contributed by atoms with E-state index in [0.29, 0.717) is 38.8 Å². The molecule has 0 aromatic heterocycles. The minimum absolute atomic E-state index is 0.0923. The fourth-order valence-electron chi connectivity index (χ4n) is 8.36. The van der Waals surface area contributed by atoms with Crippen LogP contribution in [0, 0.1) is 17.3 Å². The summed E-state index contributed by atoms with van der Waals surface area (Å²) in [6.07, 6.45) is 7.49. The third-order valence-electron chi connectivity index (χ3n) is 10.8. The van der Waals surface area contributed by atoms with E-state index in [1.165, 1.54) is 4.31 Å².